The van der Waals surface area contributed by atoms with Gasteiger partial charge in [-0.2, -0.15) is 0 Å². The molecule has 1 saturated heterocycles. The third kappa shape index (κ3) is 4.86. The number of ether oxygens (including phenoxy) is 3. The number of aliphatic imine (C=N–C) groups is 1. The largest absolute Gasteiger partial charge is 0.454 e. The van der Waals surface area contributed by atoms with Crippen LogP contribution < -0.4 is 14.8 Å². The van der Waals surface area contributed by atoms with Crippen LogP contribution in [0, 0.1) is 11.3 Å². The van der Waals surface area contributed by atoms with E-state index in [4.69, 9.17) is 14.2 Å². The van der Waals surface area contributed by atoms with Crippen LogP contribution in [0.15, 0.2) is 23.2 Å². The zero-order valence-corrected chi connectivity index (χ0v) is 17.2. The highest BCUT2D eigenvalue weighted by atomic mass is 16.7. The smallest absolute Gasteiger partial charge is 0.231 e. The third-order valence-corrected chi connectivity index (χ3v) is 5.25. The van der Waals surface area contributed by atoms with Gasteiger partial charge in [-0.3, -0.25) is 4.99 Å². The molecule has 0 aromatic heterocycles. The van der Waals surface area contributed by atoms with Crippen molar-refractivity contribution < 1.29 is 14.2 Å². The average Bonchev–Trinajstić information content (AvgIpc) is 3.09. The SMILES string of the molecule is CN=C(NCC1CCCOC1C(C)(C)C)N(C)Cc1ccc2c(c1)OCO2. The van der Waals surface area contributed by atoms with Crippen LogP contribution in [0.3, 0.4) is 0 Å². The quantitative estimate of drug-likeness (QED) is 0.647. The highest BCUT2D eigenvalue weighted by Crippen LogP contribution is 2.34. The predicted octanol–water partition coefficient (Wildman–Crippen LogP) is 3.26. The van der Waals surface area contributed by atoms with Gasteiger partial charge in [0.1, 0.15) is 0 Å². The van der Waals surface area contributed by atoms with Gasteiger partial charge in [-0.05, 0) is 36.0 Å². The van der Waals surface area contributed by atoms with Gasteiger partial charge in [0.25, 0.3) is 0 Å². The first kappa shape index (κ1) is 19.8. The van der Waals surface area contributed by atoms with Crippen LogP contribution in [0.1, 0.15) is 39.2 Å². The van der Waals surface area contributed by atoms with Gasteiger partial charge in [-0.25, -0.2) is 0 Å². The molecule has 1 aromatic carbocycles. The monoisotopic (exact) mass is 375 g/mol. The molecule has 6 nitrogen and oxygen atoms in total. The van der Waals surface area contributed by atoms with E-state index in [1.165, 1.54) is 12.0 Å². The highest BCUT2D eigenvalue weighted by Gasteiger charge is 2.35. The molecular formula is C21H33N3O3. The number of hydrogen-bond acceptors (Lipinski definition) is 4. The Bertz CT molecular complexity index is 669. The van der Waals surface area contributed by atoms with E-state index in [2.05, 4.69) is 49.1 Å². The molecule has 0 aliphatic carbocycles. The summed E-state index contributed by atoms with van der Waals surface area (Å²) in [6.45, 7) is 9.58. The molecule has 3 rings (SSSR count). The van der Waals surface area contributed by atoms with Crippen LogP contribution in [-0.4, -0.2) is 51.0 Å². The fourth-order valence-electron chi connectivity index (χ4n) is 4.00. The Labute approximate surface area is 162 Å². The normalized spacial score (nSPS) is 22.6. The molecule has 1 fully saturated rings. The van der Waals surface area contributed by atoms with E-state index in [0.717, 1.165) is 43.6 Å². The molecule has 2 unspecified atom stereocenters. The van der Waals surface area contributed by atoms with E-state index >= 15 is 0 Å². The van der Waals surface area contributed by atoms with Gasteiger partial charge in [0.05, 0.1) is 6.10 Å². The van der Waals surface area contributed by atoms with Gasteiger partial charge in [-0.1, -0.05) is 26.8 Å². The molecule has 0 spiro atoms. The fraction of sp³-hybridized carbons (Fsp3) is 0.667. The first-order valence-corrected chi connectivity index (χ1v) is 9.80. The van der Waals surface area contributed by atoms with Gasteiger partial charge in [-0.15, -0.1) is 0 Å². The maximum atomic E-state index is 6.10. The Morgan fingerprint density at radius 3 is 2.78 bits per heavy atom. The molecule has 1 aromatic rings. The zero-order valence-electron chi connectivity index (χ0n) is 17.2. The molecule has 27 heavy (non-hydrogen) atoms. The lowest BCUT2D eigenvalue weighted by atomic mass is 9.78. The Morgan fingerprint density at radius 1 is 1.26 bits per heavy atom. The predicted molar refractivity (Wildman–Crippen MR) is 107 cm³/mol. The number of hydrogen-bond donors (Lipinski definition) is 1. The number of fused-ring (bicyclic) bond motifs is 1. The summed E-state index contributed by atoms with van der Waals surface area (Å²) in [4.78, 5) is 6.60. The van der Waals surface area contributed by atoms with Gasteiger partial charge in [0.15, 0.2) is 17.5 Å². The second kappa shape index (κ2) is 8.38. The molecular weight excluding hydrogens is 342 g/mol. The minimum atomic E-state index is 0.147. The van der Waals surface area contributed by atoms with Crippen molar-refractivity contribution in [3.63, 3.8) is 0 Å². The number of guanidine groups is 1. The summed E-state index contributed by atoms with van der Waals surface area (Å²) in [5.41, 5.74) is 1.31. The second-order valence-corrected chi connectivity index (χ2v) is 8.53. The molecule has 2 aliphatic rings. The van der Waals surface area contributed by atoms with Gasteiger partial charge < -0.3 is 24.4 Å². The van der Waals surface area contributed by atoms with Crippen molar-refractivity contribution in [3.8, 4) is 11.5 Å². The lowest BCUT2D eigenvalue weighted by Gasteiger charge is -2.40. The summed E-state index contributed by atoms with van der Waals surface area (Å²) in [5, 5.41) is 3.55. The van der Waals surface area contributed by atoms with Gasteiger partial charge in [0.2, 0.25) is 6.79 Å². The van der Waals surface area contributed by atoms with Crippen molar-refractivity contribution in [2.75, 3.05) is 34.0 Å². The van der Waals surface area contributed by atoms with E-state index < -0.39 is 0 Å². The van der Waals surface area contributed by atoms with E-state index in [1.807, 2.05) is 19.2 Å². The molecule has 2 atom stereocenters. The first-order valence-electron chi connectivity index (χ1n) is 9.80. The Balaban J connectivity index is 1.58. The van der Waals surface area contributed by atoms with Crippen molar-refractivity contribution in [3.05, 3.63) is 23.8 Å². The van der Waals surface area contributed by atoms with Crippen molar-refractivity contribution in [2.24, 2.45) is 16.3 Å². The van der Waals surface area contributed by atoms with Crippen LogP contribution in [-0.2, 0) is 11.3 Å². The highest BCUT2D eigenvalue weighted by molar-refractivity contribution is 5.79. The fourth-order valence-corrected chi connectivity index (χ4v) is 4.00. The summed E-state index contributed by atoms with van der Waals surface area (Å²) in [6.07, 6.45) is 2.60. The van der Waals surface area contributed by atoms with Crippen LogP contribution in [0.25, 0.3) is 0 Å². The van der Waals surface area contributed by atoms with Crippen LogP contribution in [0.2, 0.25) is 0 Å². The summed E-state index contributed by atoms with van der Waals surface area (Å²) in [7, 11) is 3.88. The topological polar surface area (TPSA) is 55.3 Å². The molecule has 0 radical (unpaired) electrons. The van der Waals surface area contributed by atoms with E-state index in [1.54, 1.807) is 0 Å². The first-order chi connectivity index (χ1) is 12.9. The van der Waals surface area contributed by atoms with Crippen molar-refractivity contribution in [1.82, 2.24) is 10.2 Å². The third-order valence-electron chi connectivity index (χ3n) is 5.25. The van der Waals surface area contributed by atoms with Crippen molar-refractivity contribution >= 4 is 5.96 Å². The van der Waals surface area contributed by atoms with Gasteiger partial charge >= 0.3 is 0 Å². The van der Waals surface area contributed by atoms with Crippen LogP contribution in [0.5, 0.6) is 11.5 Å². The minimum Gasteiger partial charge on any atom is -0.454 e. The second-order valence-electron chi connectivity index (χ2n) is 8.53. The molecule has 6 heteroatoms. The molecule has 1 N–H and O–H groups in total. The van der Waals surface area contributed by atoms with Crippen molar-refractivity contribution in [2.45, 2.75) is 46.3 Å². The maximum absolute atomic E-state index is 6.10. The lowest BCUT2D eigenvalue weighted by molar-refractivity contribution is -0.0836. The summed E-state index contributed by atoms with van der Waals surface area (Å²) in [5.74, 6) is 3.02. The Morgan fingerprint density at radius 2 is 2.04 bits per heavy atom. The molecule has 150 valence electrons. The summed E-state index contributed by atoms with van der Waals surface area (Å²) in [6, 6.07) is 6.08. The van der Waals surface area contributed by atoms with E-state index in [9.17, 15) is 0 Å². The summed E-state index contributed by atoms with van der Waals surface area (Å²) < 4.78 is 17.0. The van der Waals surface area contributed by atoms with E-state index in [-0.39, 0.29) is 11.5 Å². The Hall–Kier alpha value is -1.95. The number of benzene rings is 1. The standard InChI is InChI=1S/C21H33N3O3/c1-21(2,3)19-16(7-6-10-25-19)12-23-20(22-4)24(5)13-15-8-9-17-18(11-15)27-14-26-17/h8-9,11,16,19H,6-7,10,12-14H2,1-5H3,(H,22,23). The number of nitrogens with one attached hydrogen (secondary N) is 1. The molecule has 0 saturated carbocycles. The lowest BCUT2D eigenvalue weighted by Crippen LogP contribution is -2.47. The summed E-state index contributed by atoms with van der Waals surface area (Å²) >= 11 is 0. The van der Waals surface area contributed by atoms with E-state index in [0.29, 0.717) is 12.7 Å². The van der Waals surface area contributed by atoms with Crippen molar-refractivity contribution in [1.29, 1.82) is 0 Å². The average molecular weight is 376 g/mol. The van der Waals surface area contributed by atoms with Gasteiger partial charge in [0, 0.05) is 39.7 Å². The molecule has 2 aliphatic heterocycles. The molecule has 0 amide bonds. The van der Waals surface area contributed by atoms with Crippen LogP contribution in [0.4, 0.5) is 0 Å². The number of nitrogens with zero attached hydrogens (tertiary/aromatic N) is 2. The maximum Gasteiger partial charge on any atom is 0.231 e. The van der Waals surface area contributed by atoms with Crippen LogP contribution >= 0.6 is 0 Å². The number of rotatable bonds is 4. The zero-order chi connectivity index (χ0) is 19.4. The molecule has 0 bridgehead atoms. The minimum absolute atomic E-state index is 0.147. The Kier molecular flexibility index (Phi) is 6.15. The molecule has 2 heterocycles.